The average Bonchev–Trinajstić information content (AvgIpc) is 3.37. The molecular weight excluding hydrogens is 377 g/mol. The van der Waals surface area contributed by atoms with Gasteiger partial charge in [0, 0.05) is 11.8 Å². The van der Waals surface area contributed by atoms with E-state index in [9.17, 15) is 17.4 Å². The third kappa shape index (κ3) is 3.68. The number of hydrogen-bond donors (Lipinski definition) is 3. The molecule has 1 atom stereocenters. The van der Waals surface area contributed by atoms with Crippen LogP contribution in [-0.2, 0) is 11.0 Å². The van der Waals surface area contributed by atoms with Crippen LogP contribution < -0.4 is 10.0 Å². The number of rotatable bonds is 6. The molecule has 1 aromatic heterocycles. The predicted molar refractivity (Wildman–Crippen MR) is 98.4 cm³/mol. The Hall–Kier alpha value is -2.81. The van der Waals surface area contributed by atoms with E-state index in [2.05, 4.69) is 20.2 Å². The summed E-state index contributed by atoms with van der Waals surface area (Å²) in [4.78, 5) is 0. The number of aromatic amines is 1. The smallest absolute Gasteiger partial charge is 0.184 e. The van der Waals surface area contributed by atoms with Gasteiger partial charge in [0.05, 0.1) is 22.8 Å². The molecule has 0 bridgehead atoms. The largest absolute Gasteiger partial charge is 0.349 e. The summed E-state index contributed by atoms with van der Waals surface area (Å²) in [5.41, 5.74) is 1.06. The first kappa shape index (κ1) is 17.6. The zero-order valence-corrected chi connectivity index (χ0v) is 14.7. The number of nitrogens with one attached hydrogen (secondary N) is 3. The average molecular weight is 392 g/mol. The topological polar surface area (TPSA) is 69.8 Å². The molecule has 0 saturated heterocycles. The van der Waals surface area contributed by atoms with Crippen LogP contribution in [-0.4, -0.2) is 19.7 Å². The Balaban J connectivity index is 1.65. The van der Waals surface area contributed by atoms with Crippen molar-refractivity contribution in [3.05, 3.63) is 60.2 Å². The molecule has 27 heavy (non-hydrogen) atoms. The van der Waals surface area contributed by atoms with Gasteiger partial charge in [-0.05, 0) is 42.7 Å². The van der Waals surface area contributed by atoms with Gasteiger partial charge in [-0.15, -0.1) is 0 Å². The molecule has 1 saturated carbocycles. The van der Waals surface area contributed by atoms with E-state index < -0.39 is 28.4 Å². The minimum absolute atomic E-state index is 0.00283. The van der Waals surface area contributed by atoms with Crippen LogP contribution >= 0.6 is 0 Å². The number of halogens is 3. The molecule has 0 aliphatic heterocycles. The second kappa shape index (κ2) is 7.07. The van der Waals surface area contributed by atoms with Gasteiger partial charge in [0.1, 0.15) is 22.5 Å². The first-order valence-electron chi connectivity index (χ1n) is 8.24. The molecular formula is C18H15F3N4OS. The summed E-state index contributed by atoms with van der Waals surface area (Å²) in [7, 11) is -1.41. The van der Waals surface area contributed by atoms with Crippen molar-refractivity contribution in [1.82, 2.24) is 10.2 Å². The summed E-state index contributed by atoms with van der Waals surface area (Å²) in [6.07, 6.45) is 4.79. The summed E-state index contributed by atoms with van der Waals surface area (Å²) in [5.74, 6) is -2.91. The molecule has 2 aromatic carbocycles. The number of hydrogen-bond acceptors (Lipinski definition) is 3. The Morgan fingerprint density at radius 2 is 1.81 bits per heavy atom. The third-order valence-corrected chi connectivity index (χ3v) is 5.69. The van der Waals surface area contributed by atoms with Crippen molar-refractivity contribution in [2.75, 3.05) is 10.0 Å². The van der Waals surface area contributed by atoms with E-state index in [-0.39, 0.29) is 22.3 Å². The van der Waals surface area contributed by atoms with E-state index in [0.29, 0.717) is 11.1 Å². The number of benzene rings is 2. The van der Waals surface area contributed by atoms with Crippen molar-refractivity contribution in [3.63, 3.8) is 0 Å². The van der Waals surface area contributed by atoms with Gasteiger partial charge in [0.15, 0.2) is 11.6 Å². The minimum Gasteiger partial charge on any atom is -0.349 e. The first-order valence-corrected chi connectivity index (χ1v) is 9.45. The standard InChI is InChI=1S/C18H15F3N4OS/c19-13-4-6-16(25-27(26)12-2-3-12)18(17(13)21)24-15-5-1-10(7-14(15)20)11-8-22-23-9-11/h1,4-9,12,24-25H,2-3H2,(H,22,23). The Morgan fingerprint density at radius 1 is 1.04 bits per heavy atom. The molecule has 3 aromatic rings. The number of anilines is 3. The van der Waals surface area contributed by atoms with Crippen LogP contribution in [0.3, 0.4) is 0 Å². The molecule has 0 amide bonds. The molecule has 0 radical (unpaired) electrons. The van der Waals surface area contributed by atoms with Crippen LogP contribution in [0.15, 0.2) is 42.7 Å². The highest BCUT2D eigenvalue weighted by atomic mass is 32.2. The van der Waals surface area contributed by atoms with Gasteiger partial charge >= 0.3 is 0 Å². The third-order valence-electron chi connectivity index (χ3n) is 4.19. The molecule has 5 nitrogen and oxygen atoms in total. The summed E-state index contributed by atoms with van der Waals surface area (Å²) >= 11 is 0. The quantitative estimate of drug-likeness (QED) is 0.580. The molecule has 1 heterocycles. The Labute approximate surface area is 155 Å². The first-order chi connectivity index (χ1) is 13.0. The van der Waals surface area contributed by atoms with Gasteiger partial charge in [-0.25, -0.2) is 17.4 Å². The maximum Gasteiger partial charge on any atom is 0.184 e. The van der Waals surface area contributed by atoms with Gasteiger partial charge in [-0.3, -0.25) is 5.10 Å². The SMILES string of the molecule is O=S(Nc1ccc(F)c(F)c1Nc1ccc(-c2cn[nH]c2)cc1F)C1CC1. The molecule has 140 valence electrons. The van der Waals surface area contributed by atoms with E-state index >= 15 is 0 Å². The van der Waals surface area contributed by atoms with Crippen LogP contribution in [0.2, 0.25) is 0 Å². The van der Waals surface area contributed by atoms with Crippen LogP contribution in [0.25, 0.3) is 11.1 Å². The fourth-order valence-corrected chi connectivity index (χ4v) is 3.69. The van der Waals surface area contributed by atoms with Gasteiger partial charge in [-0.2, -0.15) is 5.10 Å². The maximum atomic E-state index is 14.5. The maximum absolute atomic E-state index is 14.5. The number of nitrogens with zero attached hydrogens (tertiary/aromatic N) is 1. The zero-order chi connectivity index (χ0) is 19.0. The van der Waals surface area contributed by atoms with E-state index in [4.69, 9.17) is 0 Å². The summed E-state index contributed by atoms with van der Waals surface area (Å²) in [6, 6.07) is 6.52. The molecule has 0 spiro atoms. The van der Waals surface area contributed by atoms with Crippen LogP contribution in [0.4, 0.5) is 30.2 Å². The molecule has 9 heteroatoms. The highest BCUT2D eigenvalue weighted by Gasteiger charge is 2.29. The highest BCUT2D eigenvalue weighted by Crippen LogP contribution is 2.35. The Kier molecular flexibility index (Phi) is 4.61. The van der Waals surface area contributed by atoms with E-state index in [1.54, 1.807) is 18.5 Å². The van der Waals surface area contributed by atoms with Crippen molar-refractivity contribution >= 4 is 28.0 Å². The fraction of sp³-hybridized carbons (Fsp3) is 0.167. The van der Waals surface area contributed by atoms with E-state index in [1.807, 2.05) is 0 Å². The minimum atomic E-state index is -1.41. The lowest BCUT2D eigenvalue weighted by atomic mass is 10.1. The summed E-state index contributed by atoms with van der Waals surface area (Å²) in [6.45, 7) is 0. The normalized spacial score (nSPS) is 14.8. The molecule has 3 N–H and O–H groups in total. The van der Waals surface area contributed by atoms with Gasteiger partial charge in [0.2, 0.25) is 0 Å². The second-order valence-corrected chi connectivity index (χ2v) is 7.65. The fourth-order valence-electron chi connectivity index (χ4n) is 2.57. The number of aromatic nitrogens is 2. The van der Waals surface area contributed by atoms with Crippen LogP contribution in [0.1, 0.15) is 12.8 Å². The molecule has 4 rings (SSSR count). The summed E-state index contributed by atoms with van der Waals surface area (Å²) < 4.78 is 57.3. The van der Waals surface area contributed by atoms with E-state index in [0.717, 1.165) is 18.9 Å². The van der Waals surface area contributed by atoms with Crippen molar-refractivity contribution in [2.45, 2.75) is 18.1 Å². The van der Waals surface area contributed by atoms with Crippen molar-refractivity contribution in [1.29, 1.82) is 0 Å². The van der Waals surface area contributed by atoms with Gasteiger partial charge < -0.3 is 10.0 Å². The monoisotopic (exact) mass is 392 g/mol. The van der Waals surface area contributed by atoms with Crippen molar-refractivity contribution in [3.8, 4) is 11.1 Å². The lowest BCUT2D eigenvalue weighted by molar-refractivity contribution is 0.512. The molecule has 1 aliphatic rings. The molecule has 1 aliphatic carbocycles. The van der Waals surface area contributed by atoms with Crippen LogP contribution in [0, 0.1) is 17.5 Å². The zero-order valence-electron chi connectivity index (χ0n) is 13.9. The lowest BCUT2D eigenvalue weighted by Gasteiger charge is -2.15. The second-order valence-electron chi connectivity index (χ2n) is 6.19. The van der Waals surface area contributed by atoms with Crippen molar-refractivity contribution < 1.29 is 17.4 Å². The highest BCUT2D eigenvalue weighted by molar-refractivity contribution is 7.87. The Morgan fingerprint density at radius 3 is 2.48 bits per heavy atom. The summed E-state index contributed by atoms with van der Waals surface area (Å²) in [5, 5.41) is 9.02. The van der Waals surface area contributed by atoms with E-state index in [1.165, 1.54) is 18.2 Å². The van der Waals surface area contributed by atoms with Gasteiger partial charge in [-0.1, -0.05) is 6.07 Å². The van der Waals surface area contributed by atoms with Crippen LogP contribution in [0.5, 0.6) is 0 Å². The molecule has 1 unspecified atom stereocenters. The van der Waals surface area contributed by atoms with Gasteiger partial charge in [0.25, 0.3) is 0 Å². The molecule has 1 fully saturated rings. The lowest BCUT2D eigenvalue weighted by Crippen LogP contribution is -2.12. The number of H-pyrrole nitrogens is 1. The Bertz CT molecular complexity index is 1010. The van der Waals surface area contributed by atoms with Crippen molar-refractivity contribution in [2.24, 2.45) is 0 Å². The predicted octanol–water partition coefficient (Wildman–Crippen LogP) is 4.48.